The van der Waals surface area contributed by atoms with Gasteiger partial charge in [0.1, 0.15) is 0 Å². The van der Waals surface area contributed by atoms with Crippen LogP contribution < -0.4 is 5.32 Å². The predicted molar refractivity (Wildman–Crippen MR) is 81.0 cm³/mol. The summed E-state index contributed by atoms with van der Waals surface area (Å²) in [6, 6.07) is 8.59. The minimum absolute atomic E-state index is 0.256. The van der Waals surface area contributed by atoms with Crippen LogP contribution in [0, 0.1) is 0 Å². The number of ether oxygens (including phenoxy) is 1. The van der Waals surface area contributed by atoms with Crippen LogP contribution >= 0.6 is 0 Å². The predicted octanol–water partition coefficient (Wildman–Crippen LogP) is 1.10. The molecule has 0 unspecified atom stereocenters. The van der Waals surface area contributed by atoms with Gasteiger partial charge in [0.2, 0.25) is 0 Å². The number of aliphatic hydroxyl groups excluding tert-OH is 1. The summed E-state index contributed by atoms with van der Waals surface area (Å²) in [5.41, 5.74) is 1.42. The zero-order valence-corrected chi connectivity index (χ0v) is 12.2. The lowest BCUT2D eigenvalue weighted by molar-refractivity contribution is 0.106. The highest BCUT2D eigenvalue weighted by Gasteiger charge is 2.32. The fourth-order valence-corrected chi connectivity index (χ4v) is 2.45. The minimum Gasteiger partial charge on any atom is -0.388 e. The number of aromatic nitrogens is 2. The van der Waals surface area contributed by atoms with Gasteiger partial charge >= 0.3 is 6.03 Å². The van der Waals surface area contributed by atoms with Gasteiger partial charge in [-0.05, 0) is 18.2 Å². The Labute approximate surface area is 128 Å². The van der Waals surface area contributed by atoms with E-state index in [-0.39, 0.29) is 18.7 Å². The van der Waals surface area contributed by atoms with E-state index < -0.39 is 6.10 Å². The summed E-state index contributed by atoms with van der Waals surface area (Å²) < 4.78 is 6.87. The number of amides is 2. The molecule has 116 valence electrons. The lowest BCUT2D eigenvalue weighted by Gasteiger charge is -2.26. The molecule has 0 spiro atoms. The Balaban J connectivity index is 1.77. The lowest BCUT2D eigenvalue weighted by atomic mass is 10.2. The Morgan fingerprint density at radius 2 is 2.23 bits per heavy atom. The van der Waals surface area contributed by atoms with E-state index in [1.54, 1.807) is 17.9 Å². The molecule has 2 N–H and O–H groups in total. The first-order chi connectivity index (χ1) is 10.7. The zero-order valence-electron chi connectivity index (χ0n) is 12.2. The van der Waals surface area contributed by atoms with Crippen LogP contribution in [0.1, 0.15) is 0 Å². The quantitative estimate of drug-likeness (QED) is 0.889. The maximum absolute atomic E-state index is 12.4. The molecule has 0 bridgehead atoms. The van der Waals surface area contributed by atoms with Crippen molar-refractivity contribution in [1.82, 2.24) is 14.7 Å². The second-order valence-corrected chi connectivity index (χ2v) is 5.18. The molecular formula is C15H18N4O3. The molecule has 3 rings (SSSR count). The van der Waals surface area contributed by atoms with E-state index in [4.69, 9.17) is 4.74 Å². The number of benzene rings is 1. The third-order valence-electron chi connectivity index (χ3n) is 3.74. The Kier molecular flexibility index (Phi) is 4.08. The fraction of sp³-hybridized carbons (Fsp3) is 0.333. The smallest absolute Gasteiger partial charge is 0.322 e. The first-order valence-corrected chi connectivity index (χ1v) is 7.05. The van der Waals surface area contributed by atoms with E-state index in [9.17, 15) is 9.90 Å². The highest BCUT2D eigenvalue weighted by molar-refractivity contribution is 5.91. The average molecular weight is 302 g/mol. The molecule has 2 amide bonds. The summed E-state index contributed by atoms with van der Waals surface area (Å²) in [5.74, 6) is 0. The number of nitrogens with zero attached hydrogens (tertiary/aromatic N) is 3. The number of likely N-dealkylation sites (N-methyl/N-ethyl adjacent to an activating group) is 1. The van der Waals surface area contributed by atoms with Crippen molar-refractivity contribution in [2.75, 3.05) is 25.6 Å². The minimum atomic E-state index is -0.655. The van der Waals surface area contributed by atoms with Crippen molar-refractivity contribution in [3.05, 3.63) is 42.7 Å². The van der Waals surface area contributed by atoms with Crippen LogP contribution in [0.4, 0.5) is 10.5 Å². The monoisotopic (exact) mass is 302 g/mol. The normalized spacial score (nSPS) is 20.8. The average Bonchev–Trinajstić information content (AvgIpc) is 3.18. The maximum atomic E-state index is 12.4. The topological polar surface area (TPSA) is 79.6 Å². The number of para-hydroxylation sites is 2. The van der Waals surface area contributed by atoms with Crippen LogP contribution in [-0.2, 0) is 4.74 Å². The lowest BCUT2D eigenvalue weighted by Crippen LogP contribution is -2.46. The number of urea groups is 1. The van der Waals surface area contributed by atoms with Crippen molar-refractivity contribution >= 4 is 11.7 Å². The number of carbonyl (C=O) groups excluding carboxylic acids is 1. The molecule has 1 aliphatic heterocycles. The molecule has 1 aromatic carbocycles. The van der Waals surface area contributed by atoms with Crippen molar-refractivity contribution in [1.29, 1.82) is 0 Å². The Morgan fingerprint density at radius 3 is 2.91 bits per heavy atom. The molecule has 1 aromatic heterocycles. The first-order valence-electron chi connectivity index (χ1n) is 7.05. The van der Waals surface area contributed by atoms with E-state index in [1.807, 2.05) is 36.5 Å². The van der Waals surface area contributed by atoms with Crippen LogP contribution in [0.5, 0.6) is 0 Å². The highest BCUT2D eigenvalue weighted by atomic mass is 16.5. The zero-order chi connectivity index (χ0) is 15.5. The van der Waals surface area contributed by atoms with E-state index >= 15 is 0 Å². The first kappa shape index (κ1) is 14.6. The van der Waals surface area contributed by atoms with Gasteiger partial charge in [-0.25, -0.2) is 9.48 Å². The van der Waals surface area contributed by atoms with Crippen LogP contribution in [0.25, 0.3) is 5.69 Å². The van der Waals surface area contributed by atoms with Crippen molar-refractivity contribution < 1.29 is 14.6 Å². The van der Waals surface area contributed by atoms with Gasteiger partial charge in [0, 0.05) is 19.4 Å². The number of hydrogen-bond acceptors (Lipinski definition) is 4. The molecule has 7 heteroatoms. The van der Waals surface area contributed by atoms with Crippen molar-refractivity contribution in [2.45, 2.75) is 12.1 Å². The van der Waals surface area contributed by atoms with Gasteiger partial charge in [-0.1, -0.05) is 12.1 Å². The van der Waals surface area contributed by atoms with Crippen LogP contribution in [0.2, 0.25) is 0 Å². The number of rotatable bonds is 3. The van der Waals surface area contributed by atoms with Crippen LogP contribution in [0.3, 0.4) is 0 Å². The largest absolute Gasteiger partial charge is 0.388 e. The molecule has 7 nitrogen and oxygen atoms in total. The Bertz CT molecular complexity index is 644. The van der Waals surface area contributed by atoms with Crippen LogP contribution in [-0.4, -0.2) is 58.2 Å². The molecule has 1 fully saturated rings. The molecule has 0 radical (unpaired) electrons. The number of aliphatic hydroxyl groups is 1. The number of hydrogen-bond donors (Lipinski definition) is 2. The fourth-order valence-electron chi connectivity index (χ4n) is 2.45. The standard InChI is InChI=1S/C15H18N4O3/c1-18(13-9-22-10-14(13)20)15(21)17-11-5-2-3-6-12(11)19-8-4-7-16-19/h2-8,13-14,20H,9-10H2,1H3,(H,17,21)/t13-,14-/m0/s1. The summed E-state index contributed by atoms with van der Waals surface area (Å²) >= 11 is 0. The molecule has 2 heterocycles. The van der Waals surface area contributed by atoms with Gasteiger partial charge < -0.3 is 20.1 Å². The summed E-state index contributed by atoms with van der Waals surface area (Å²) in [6.07, 6.45) is 2.83. The van der Waals surface area contributed by atoms with E-state index in [1.165, 1.54) is 4.90 Å². The van der Waals surface area contributed by atoms with Gasteiger partial charge in [0.25, 0.3) is 0 Å². The Hall–Kier alpha value is -2.38. The van der Waals surface area contributed by atoms with Crippen LogP contribution in [0.15, 0.2) is 42.7 Å². The molecule has 2 atom stereocenters. The van der Waals surface area contributed by atoms with Crippen molar-refractivity contribution in [3.63, 3.8) is 0 Å². The van der Waals surface area contributed by atoms with Gasteiger partial charge in [-0.15, -0.1) is 0 Å². The highest BCUT2D eigenvalue weighted by Crippen LogP contribution is 2.20. The van der Waals surface area contributed by atoms with Crippen molar-refractivity contribution in [2.24, 2.45) is 0 Å². The summed E-state index contributed by atoms with van der Waals surface area (Å²) in [7, 11) is 1.65. The number of anilines is 1. The molecule has 2 aromatic rings. The van der Waals surface area contributed by atoms with E-state index in [0.29, 0.717) is 12.3 Å². The van der Waals surface area contributed by atoms with Gasteiger partial charge in [0.05, 0.1) is 36.7 Å². The second kappa shape index (κ2) is 6.17. The van der Waals surface area contributed by atoms with Gasteiger partial charge in [0.15, 0.2) is 0 Å². The van der Waals surface area contributed by atoms with Gasteiger partial charge in [-0.2, -0.15) is 5.10 Å². The Morgan fingerprint density at radius 1 is 1.41 bits per heavy atom. The molecular weight excluding hydrogens is 284 g/mol. The second-order valence-electron chi connectivity index (χ2n) is 5.18. The maximum Gasteiger partial charge on any atom is 0.322 e. The van der Waals surface area contributed by atoms with E-state index in [0.717, 1.165) is 5.69 Å². The third-order valence-corrected chi connectivity index (χ3v) is 3.74. The molecule has 0 saturated carbocycles. The SMILES string of the molecule is CN(C(=O)Nc1ccccc1-n1cccn1)[C@H]1COC[C@@H]1O. The molecule has 1 saturated heterocycles. The summed E-state index contributed by atoms with van der Waals surface area (Å²) in [4.78, 5) is 13.9. The third kappa shape index (κ3) is 2.81. The molecule has 22 heavy (non-hydrogen) atoms. The molecule has 0 aliphatic carbocycles. The summed E-state index contributed by atoms with van der Waals surface area (Å²) in [6.45, 7) is 0.595. The molecule has 1 aliphatic rings. The number of nitrogens with one attached hydrogen (secondary N) is 1. The van der Waals surface area contributed by atoms with Crippen molar-refractivity contribution in [3.8, 4) is 5.69 Å². The summed E-state index contributed by atoms with van der Waals surface area (Å²) in [5, 5.41) is 16.9. The number of carbonyl (C=O) groups is 1. The van der Waals surface area contributed by atoms with E-state index in [2.05, 4.69) is 10.4 Å². The van der Waals surface area contributed by atoms with Gasteiger partial charge in [-0.3, -0.25) is 0 Å².